The van der Waals surface area contributed by atoms with Crippen molar-refractivity contribution >= 4 is 30.1 Å². The summed E-state index contributed by atoms with van der Waals surface area (Å²) in [6.07, 6.45) is -0.225. The van der Waals surface area contributed by atoms with Crippen LogP contribution in [0.1, 0.15) is 6.42 Å². The summed E-state index contributed by atoms with van der Waals surface area (Å²) in [5.41, 5.74) is 0. The van der Waals surface area contributed by atoms with Crippen molar-refractivity contribution in [2.75, 3.05) is 11.5 Å². The SMILES string of the molecule is O=S(=O)([O-])CCCS(=O)([O-])=S.[Na+].[Na+]. The summed E-state index contributed by atoms with van der Waals surface area (Å²) in [4.78, 5) is 0. The second-order valence-corrected chi connectivity index (χ2v) is 6.45. The van der Waals surface area contributed by atoms with Gasteiger partial charge in [0.25, 0.3) is 0 Å². The molecule has 0 aromatic heterocycles. The minimum absolute atomic E-state index is 0. The van der Waals surface area contributed by atoms with E-state index in [0.29, 0.717) is 0 Å². The average Bonchev–Trinajstić information content (AvgIpc) is 1.55. The van der Waals surface area contributed by atoms with Gasteiger partial charge in [-0.25, -0.2) is 8.42 Å². The van der Waals surface area contributed by atoms with E-state index >= 15 is 0 Å². The van der Waals surface area contributed by atoms with E-state index < -0.39 is 30.4 Å². The van der Waals surface area contributed by atoms with Gasteiger partial charge in [-0.05, 0) is 26.4 Å². The van der Waals surface area contributed by atoms with E-state index in [-0.39, 0.29) is 65.5 Å². The minimum atomic E-state index is -4.31. The first-order valence-corrected chi connectivity index (χ1v) is 6.73. The number of rotatable bonds is 4. The third kappa shape index (κ3) is 20.3. The van der Waals surface area contributed by atoms with Gasteiger partial charge in [-0.3, -0.25) is 4.21 Å². The summed E-state index contributed by atoms with van der Waals surface area (Å²) < 4.78 is 50.3. The molecular weight excluding hydrogens is 258 g/mol. The third-order valence-electron chi connectivity index (χ3n) is 0.789. The van der Waals surface area contributed by atoms with Crippen molar-refractivity contribution in [1.82, 2.24) is 0 Å². The Morgan fingerprint density at radius 2 is 1.38 bits per heavy atom. The molecule has 0 aliphatic heterocycles. The maximum Gasteiger partial charge on any atom is 1.00 e. The van der Waals surface area contributed by atoms with Gasteiger partial charge in [0.1, 0.15) is 0 Å². The molecule has 0 bridgehead atoms. The maximum absolute atomic E-state index is 10.2. The fourth-order valence-corrected chi connectivity index (χ4v) is 1.94. The summed E-state index contributed by atoms with van der Waals surface area (Å²) in [5.74, 6) is -1.12. The van der Waals surface area contributed by atoms with Gasteiger partial charge in [-0.2, -0.15) is 0 Å². The molecule has 0 radical (unpaired) electrons. The predicted molar refractivity (Wildman–Crippen MR) is 40.3 cm³/mol. The second kappa shape index (κ2) is 8.40. The Balaban J connectivity index is -0.000000500. The molecular formula is C3H6Na2O5S3. The summed E-state index contributed by atoms with van der Waals surface area (Å²) >= 11 is 3.95. The smallest absolute Gasteiger partial charge is 0.769 e. The Kier molecular flexibility index (Phi) is 13.3. The van der Waals surface area contributed by atoms with E-state index in [4.69, 9.17) is 0 Å². The predicted octanol–water partition coefficient (Wildman–Crippen LogP) is -7.19. The maximum atomic E-state index is 10.2. The fraction of sp³-hybridized carbons (Fsp3) is 1.00. The van der Waals surface area contributed by atoms with Crippen LogP contribution in [-0.4, -0.2) is 33.2 Å². The van der Waals surface area contributed by atoms with Crippen LogP contribution < -0.4 is 59.1 Å². The van der Waals surface area contributed by atoms with Gasteiger partial charge in [0.15, 0.2) is 0 Å². The molecule has 0 aliphatic carbocycles. The van der Waals surface area contributed by atoms with E-state index in [2.05, 4.69) is 11.2 Å². The minimum Gasteiger partial charge on any atom is -0.769 e. The van der Waals surface area contributed by atoms with E-state index in [9.17, 15) is 21.7 Å². The second-order valence-electron chi connectivity index (χ2n) is 1.88. The molecule has 0 heterocycles. The summed E-state index contributed by atoms with van der Waals surface area (Å²) in [7, 11) is -7.87. The molecule has 68 valence electrons. The molecule has 0 rings (SSSR count). The van der Waals surface area contributed by atoms with Crippen LogP contribution in [0.3, 0.4) is 0 Å². The molecule has 0 aromatic rings. The molecule has 1 unspecified atom stereocenters. The molecule has 0 aromatic carbocycles. The van der Waals surface area contributed by atoms with Crippen molar-refractivity contribution in [3.8, 4) is 0 Å². The van der Waals surface area contributed by atoms with Crippen LogP contribution in [0.15, 0.2) is 0 Å². The molecule has 5 nitrogen and oxygen atoms in total. The molecule has 0 N–H and O–H groups in total. The van der Waals surface area contributed by atoms with E-state index in [1.807, 2.05) is 0 Å². The average molecular weight is 264 g/mol. The number of hydrogen-bond acceptors (Lipinski definition) is 6. The fourth-order valence-electron chi connectivity index (χ4n) is 0.412. The van der Waals surface area contributed by atoms with Crippen LogP contribution in [0.5, 0.6) is 0 Å². The zero-order valence-electron chi connectivity index (χ0n) is 7.39. The molecule has 0 spiro atoms. The Morgan fingerprint density at radius 3 is 1.62 bits per heavy atom. The van der Waals surface area contributed by atoms with Crippen LogP contribution >= 0.6 is 0 Å². The van der Waals surface area contributed by atoms with E-state index in [1.165, 1.54) is 0 Å². The normalized spacial score (nSPS) is 14.9. The molecule has 13 heavy (non-hydrogen) atoms. The number of hydrogen-bond donors (Lipinski definition) is 0. The standard InChI is InChI=1S/C3H8O5S3.2Na/c4-10(5,6)2-1-3-11(7,8)9;;/h1-3H2,(H,4,5,6)(H,7,8,9);;/q;2*+1/p-2. The van der Waals surface area contributed by atoms with Crippen LogP contribution in [-0.2, 0) is 30.1 Å². The molecule has 1 atom stereocenters. The Bertz CT molecular complexity index is 274. The van der Waals surface area contributed by atoms with Crippen molar-refractivity contribution in [3.63, 3.8) is 0 Å². The van der Waals surface area contributed by atoms with Crippen LogP contribution in [0.25, 0.3) is 0 Å². The summed E-state index contributed by atoms with van der Waals surface area (Å²) in [5, 5.41) is 0. The summed E-state index contributed by atoms with van der Waals surface area (Å²) in [6, 6.07) is 0. The first kappa shape index (κ1) is 20.6. The van der Waals surface area contributed by atoms with Gasteiger partial charge in [0.2, 0.25) is 0 Å². The Hall–Kier alpha value is 2.24. The molecule has 0 aliphatic rings. The van der Waals surface area contributed by atoms with Gasteiger partial charge >= 0.3 is 59.1 Å². The molecule has 10 heteroatoms. The van der Waals surface area contributed by atoms with Crippen molar-refractivity contribution < 1.29 is 80.8 Å². The van der Waals surface area contributed by atoms with Gasteiger partial charge < -0.3 is 9.11 Å². The zero-order valence-corrected chi connectivity index (χ0v) is 13.8. The van der Waals surface area contributed by atoms with Crippen molar-refractivity contribution in [2.24, 2.45) is 0 Å². The summed E-state index contributed by atoms with van der Waals surface area (Å²) in [6.45, 7) is 0. The van der Waals surface area contributed by atoms with E-state index in [0.717, 1.165) is 0 Å². The van der Waals surface area contributed by atoms with Gasteiger partial charge in [-0.1, -0.05) is 0 Å². The molecule has 0 fully saturated rings. The van der Waals surface area contributed by atoms with Gasteiger partial charge in [-0.15, -0.1) is 0 Å². The first-order chi connectivity index (χ1) is 4.71. The monoisotopic (exact) mass is 264 g/mol. The Labute approximate surface area is 127 Å². The zero-order chi connectivity index (χ0) is 9.12. The molecule has 0 saturated carbocycles. The van der Waals surface area contributed by atoms with Crippen molar-refractivity contribution in [3.05, 3.63) is 0 Å². The van der Waals surface area contributed by atoms with E-state index in [1.54, 1.807) is 0 Å². The van der Waals surface area contributed by atoms with Gasteiger partial charge in [0.05, 0.1) is 10.1 Å². The van der Waals surface area contributed by atoms with Gasteiger partial charge in [0, 0.05) is 11.5 Å². The van der Waals surface area contributed by atoms with Crippen molar-refractivity contribution in [2.45, 2.75) is 6.42 Å². The van der Waals surface area contributed by atoms with Crippen LogP contribution in [0.4, 0.5) is 0 Å². The van der Waals surface area contributed by atoms with Crippen molar-refractivity contribution in [1.29, 1.82) is 0 Å². The van der Waals surface area contributed by atoms with Crippen LogP contribution in [0.2, 0.25) is 0 Å². The first-order valence-electron chi connectivity index (χ1n) is 2.58. The molecule has 0 saturated heterocycles. The Morgan fingerprint density at radius 1 is 1.00 bits per heavy atom. The topological polar surface area (TPSA) is 97.3 Å². The third-order valence-corrected chi connectivity index (χ3v) is 2.87. The largest absolute Gasteiger partial charge is 1.00 e. The molecule has 0 amide bonds. The quantitative estimate of drug-likeness (QED) is 0.370. The van der Waals surface area contributed by atoms with Crippen LogP contribution in [0, 0.1) is 0 Å².